The third-order valence-corrected chi connectivity index (χ3v) is 4.75. The fourth-order valence-electron chi connectivity index (χ4n) is 3.59. The monoisotopic (exact) mass is 234 g/mol. The lowest BCUT2D eigenvalue weighted by Gasteiger charge is -1.95. The molecule has 2 nitrogen and oxygen atoms in total. The van der Waals surface area contributed by atoms with E-state index in [4.69, 9.17) is 10.2 Å². The highest BCUT2D eigenvalue weighted by Gasteiger charge is 2.59. The van der Waals surface area contributed by atoms with Crippen LogP contribution in [0, 0.1) is 35.5 Å². The first-order chi connectivity index (χ1) is 8.35. The molecule has 0 aromatic heterocycles. The first-order valence-electron chi connectivity index (χ1n) is 6.90. The Bertz CT molecular complexity index is 302. The van der Waals surface area contributed by atoms with Gasteiger partial charge in [0.1, 0.15) is 0 Å². The maximum Gasteiger partial charge on any atom is 0.0612 e. The maximum absolute atomic E-state index is 8.74. The highest BCUT2D eigenvalue weighted by molar-refractivity contribution is 5.15. The molecule has 0 aromatic rings. The van der Waals surface area contributed by atoms with Gasteiger partial charge in [-0.3, -0.25) is 0 Å². The molecule has 3 fully saturated rings. The summed E-state index contributed by atoms with van der Waals surface area (Å²) in [5.74, 6) is 5.32. The van der Waals surface area contributed by atoms with Gasteiger partial charge in [-0.1, -0.05) is 24.3 Å². The summed E-state index contributed by atoms with van der Waals surface area (Å²) in [7, 11) is 0. The van der Waals surface area contributed by atoms with Gasteiger partial charge in [0.2, 0.25) is 0 Å². The number of rotatable bonds is 6. The average Bonchev–Trinajstić information content (AvgIpc) is 3.19. The van der Waals surface area contributed by atoms with Gasteiger partial charge < -0.3 is 10.2 Å². The van der Waals surface area contributed by atoms with Crippen molar-refractivity contribution >= 4 is 0 Å². The van der Waals surface area contributed by atoms with Crippen LogP contribution in [0.15, 0.2) is 24.3 Å². The largest absolute Gasteiger partial charge is 0.392 e. The standard InChI is InChI=1S/C15H22O2/c16-5-1-3-10-7-12(10)14-9-15(14)13-8-11(13)4-2-6-17/h1-4,10-17H,5-9H2/b3-1+,4-2+/t10-,11-,12-,13-,14+,15+/m1/s1. The molecular formula is C15H22O2. The Morgan fingerprint density at radius 3 is 1.59 bits per heavy atom. The second-order valence-corrected chi connectivity index (χ2v) is 5.91. The Hall–Kier alpha value is -0.600. The van der Waals surface area contributed by atoms with Crippen molar-refractivity contribution in [1.29, 1.82) is 0 Å². The lowest BCUT2D eigenvalue weighted by Crippen LogP contribution is -1.91. The molecule has 0 aromatic carbocycles. The predicted octanol–water partition coefficient (Wildman–Crippen LogP) is 1.99. The van der Waals surface area contributed by atoms with E-state index in [0.29, 0.717) is 0 Å². The minimum atomic E-state index is 0.188. The van der Waals surface area contributed by atoms with E-state index >= 15 is 0 Å². The molecule has 3 rings (SSSR count). The molecule has 0 aliphatic heterocycles. The van der Waals surface area contributed by atoms with Crippen LogP contribution in [-0.2, 0) is 0 Å². The van der Waals surface area contributed by atoms with Crippen LogP contribution in [0.5, 0.6) is 0 Å². The average molecular weight is 234 g/mol. The van der Waals surface area contributed by atoms with Crippen LogP contribution in [0.3, 0.4) is 0 Å². The molecule has 2 N–H and O–H groups in total. The summed E-state index contributed by atoms with van der Waals surface area (Å²) < 4.78 is 0. The molecule has 0 heterocycles. The van der Waals surface area contributed by atoms with Gasteiger partial charge in [0, 0.05) is 0 Å². The third kappa shape index (κ3) is 2.48. The molecule has 17 heavy (non-hydrogen) atoms. The van der Waals surface area contributed by atoms with Crippen molar-refractivity contribution in [3.05, 3.63) is 24.3 Å². The van der Waals surface area contributed by atoms with E-state index in [-0.39, 0.29) is 13.2 Å². The van der Waals surface area contributed by atoms with Crippen LogP contribution in [-0.4, -0.2) is 23.4 Å². The summed E-state index contributed by atoms with van der Waals surface area (Å²) in [6.07, 6.45) is 12.3. The number of aliphatic hydroxyl groups excluding tert-OH is 2. The zero-order chi connectivity index (χ0) is 11.8. The van der Waals surface area contributed by atoms with E-state index in [2.05, 4.69) is 12.2 Å². The minimum Gasteiger partial charge on any atom is -0.392 e. The lowest BCUT2D eigenvalue weighted by molar-refractivity contribution is 0.341. The van der Waals surface area contributed by atoms with Crippen molar-refractivity contribution in [2.75, 3.05) is 13.2 Å². The zero-order valence-electron chi connectivity index (χ0n) is 10.2. The molecule has 6 atom stereocenters. The van der Waals surface area contributed by atoms with E-state index < -0.39 is 0 Å². The van der Waals surface area contributed by atoms with Crippen LogP contribution in [0.4, 0.5) is 0 Å². The zero-order valence-corrected chi connectivity index (χ0v) is 10.2. The number of hydrogen-bond donors (Lipinski definition) is 2. The molecule has 3 aliphatic rings. The highest BCUT2D eigenvalue weighted by Crippen LogP contribution is 2.66. The fraction of sp³-hybridized carbons (Fsp3) is 0.733. The Kier molecular flexibility index (Phi) is 3.10. The van der Waals surface area contributed by atoms with Gasteiger partial charge in [-0.2, -0.15) is 0 Å². The number of aliphatic hydroxyl groups is 2. The first-order valence-corrected chi connectivity index (χ1v) is 6.90. The summed E-state index contributed by atoms with van der Waals surface area (Å²) in [5, 5.41) is 17.5. The molecule has 3 aliphatic carbocycles. The fourth-order valence-corrected chi connectivity index (χ4v) is 3.59. The highest BCUT2D eigenvalue weighted by atomic mass is 16.3. The minimum absolute atomic E-state index is 0.188. The van der Waals surface area contributed by atoms with Crippen molar-refractivity contribution in [3.8, 4) is 0 Å². The molecule has 94 valence electrons. The Morgan fingerprint density at radius 1 is 0.706 bits per heavy atom. The number of hydrogen-bond acceptors (Lipinski definition) is 2. The molecule has 0 saturated heterocycles. The van der Waals surface area contributed by atoms with Crippen molar-refractivity contribution in [3.63, 3.8) is 0 Å². The van der Waals surface area contributed by atoms with Crippen LogP contribution in [0.2, 0.25) is 0 Å². The maximum atomic E-state index is 8.74. The Morgan fingerprint density at radius 2 is 1.18 bits per heavy atom. The second kappa shape index (κ2) is 4.58. The van der Waals surface area contributed by atoms with Crippen molar-refractivity contribution < 1.29 is 10.2 Å². The molecule has 0 bridgehead atoms. The molecule has 0 unspecified atom stereocenters. The van der Waals surface area contributed by atoms with Gasteiger partial charge in [0.25, 0.3) is 0 Å². The summed E-state index contributed by atoms with van der Waals surface area (Å²) in [6, 6.07) is 0. The molecule has 3 saturated carbocycles. The molecule has 2 heteroatoms. The summed E-state index contributed by atoms with van der Waals surface area (Å²) in [4.78, 5) is 0. The van der Waals surface area contributed by atoms with Gasteiger partial charge in [-0.25, -0.2) is 0 Å². The van der Waals surface area contributed by atoms with Crippen LogP contribution in [0.25, 0.3) is 0 Å². The van der Waals surface area contributed by atoms with E-state index in [1.807, 2.05) is 12.2 Å². The van der Waals surface area contributed by atoms with Gasteiger partial charge in [-0.05, 0) is 54.8 Å². The molecule has 0 amide bonds. The Balaban J connectivity index is 1.41. The van der Waals surface area contributed by atoms with E-state index in [0.717, 1.165) is 35.5 Å². The van der Waals surface area contributed by atoms with Crippen molar-refractivity contribution in [2.24, 2.45) is 35.5 Å². The van der Waals surface area contributed by atoms with Crippen LogP contribution >= 0.6 is 0 Å². The SMILES string of the molecule is OC/C=C/[C@@H]1C[C@H]1[C@@H]1C[C@H]1[C@@H]1C[C@H]1/C=C/CO. The number of allylic oxidation sites excluding steroid dienone is 2. The quantitative estimate of drug-likeness (QED) is 0.690. The molecular weight excluding hydrogens is 212 g/mol. The van der Waals surface area contributed by atoms with E-state index in [1.165, 1.54) is 19.3 Å². The predicted molar refractivity (Wildman–Crippen MR) is 67.2 cm³/mol. The van der Waals surface area contributed by atoms with Crippen molar-refractivity contribution in [2.45, 2.75) is 19.3 Å². The lowest BCUT2D eigenvalue weighted by atomic mass is 10.1. The first kappa shape index (κ1) is 11.5. The van der Waals surface area contributed by atoms with Crippen molar-refractivity contribution in [1.82, 2.24) is 0 Å². The molecule has 0 spiro atoms. The summed E-state index contributed by atoms with van der Waals surface area (Å²) in [5.41, 5.74) is 0. The normalized spacial score (nSPS) is 47.9. The van der Waals surface area contributed by atoms with Crippen LogP contribution < -0.4 is 0 Å². The van der Waals surface area contributed by atoms with E-state index in [1.54, 1.807) is 0 Å². The second-order valence-electron chi connectivity index (χ2n) is 5.91. The van der Waals surface area contributed by atoms with Crippen LogP contribution in [0.1, 0.15) is 19.3 Å². The smallest absolute Gasteiger partial charge is 0.0612 e. The summed E-state index contributed by atoms with van der Waals surface area (Å²) >= 11 is 0. The third-order valence-electron chi connectivity index (χ3n) is 4.75. The topological polar surface area (TPSA) is 40.5 Å². The van der Waals surface area contributed by atoms with Gasteiger partial charge in [-0.15, -0.1) is 0 Å². The van der Waals surface area contributed by atoms with Gasteiger partial charge in [0.15, 0.2) is 0 Å². The Labute approximate surface area is 103 Å². The van der Waals surface area contributed by atoms with Gasteiger partial charge >= 0.3 is 0 Å². The van der Waals surface area contributed by atoms with Gasteiger partial charge in [0.05, 0.1) is 13.2 Å². The van der Waals surface area contributed by atoms with E-state index in [9.17, 15) is 0 Å². The summed E-state index contributed by atoms with van der Waals surface area (Å²) in [6.45, 7) is 0.377. The molecule has 0 radical (unpaired) electrons.